The number of aromatic nitrogens is 1. The number of benzene rings is 3. The molecule has 0 atom stereocenters. The van der Waals surface area contributed by atoms with Gasteiger partial charge in [-0.2, -0.15) is 0 Å². The Balaban J connectivity index is 1.82. The minimum absolute atomic E-state index is 0.996. The summed E-state index contributed by atoms with van der Waals surface area (Å²) in [7, 11) is 0. The highest BCUT2D eigenvalue weighted by molar-refractivity contribution is 9.10. The molecule has 0 unspecified atom stereocenters. The molecule has 0 aliphatic heterocycles. The van der Waals surface area contributed by atoms with Gasteiger partial charge < -0.3 is 0 Å². The van der Waals surface area contributed by atoms with Crippen LogP contribution in [0.15, 0.2) is 87.9 Å². The molecule has 6 rings (SSSR count). The second-order valence-electron chi connectivity index (χ2n) is 7.08. The van der Waals surface area contributed by atoms with Crippen molar-refractivity contribution >= 4 is 43.0 Å². The molecule has 0 amide bonds. The lowest BCUT2D eigenvalue weighted by molar-refractivity contribution is 1.31. The van der Waals surface area contributed by atoms with Crippen molar-refractivity contribution in [1.29, 1.82) is 0 Å². The molecule has 0 bridgehead atoms. The standard InChI is InChI=1S/C25H13Br2N/c26-14-9-10-20-21(11-14)24(22-12-15(27)13-28-25(20)22)23-18-7-3-1-5-16(18)17-6-2-4-8-19(17)23/h1-13H. The van der Waals surface area contributed by atoms with E-state index in [4.69, 9.17) is 4.98 Å². The summed E-state index contributed by atoms with van der Waals surface area (Å²) in [5.74, 6) is 0. The van der Waals surface area contributed by atoms with E-state index in [0.717, 1.165) is 14.6 Å². The molecule has 1 nitrogen and oxygen atoms in total. The van der Waals surface area contributed by atoms with Crippen molar-refractivity contribution < 1.29 is 0 Å². The normalized spacial score (nSPS) is 13.2. The summed E-state index contributed by atoms with van der Waals surface area (Å²) in [6.45, 7) is 0. The van der Waals surface area contributed by atoms with E-state index in [2.05, 4.69) is 105 Å². The van der Waals surface area contributed by atoms with Crippen molar-refractivity contribution in [2.24, 2.45) is 0 Å². The molecule has 0 fully saturated rings. The Morgan fingerprint density at radius 3 is 1.75 bits per heavy atom. The van der Waals surface area contributed by atoms with Crippen molar-refractivity contribution in [2.75, 3.05) is 0 Å². The smallest absolute Gasteiger partial charge is 0.0787 e. The van der Waals surface area contributed by atoms with Gasteiger partial charge in [-0.05, 0) is 67.5 Å². The number of hydrogen-bond acceptors (Lipinski definition) is 1. The molecule has 0 spiro atoms. The highest BCUT2D eigenvalue weighted by atomic mass is 79.9. The quantitative estimate of drug-likeness (QED) is 0.215. The molecule has 2 aliphatic rings. The third-order valence-electron chi connectivity index (χ3n) is 5.56. The number of halogens is 2. The molecule has 3 aromatic carbocycles. The van der Waals surface area contributed by atoms with Gasteiger partial charge in [-0.25, -0.2) is 0 Å². The van der Waals surface area contributed by atoms with Gasteiger partial charge in [-0.3, -0.25) is 4.98 Å². The van der Waals surface area contributed by atoms with E-state index < -0.39 is 0 Å². The Morgan fingerprint density at radius 2 is 1.07 bits per heavy atom. The van der Waals surface area contributed by atoms with E-state index in [1.807, 2.05) is 6.20 Å². The number of hydrogen-bond donors (Lipinski definition) is 0. The van der Waals surface area contributed by atoms with Gasteiger partial charge in [0.2, 0.25) is 0 Å². The summed E-state index contributed by atoms with van der Waals surface area (Å²) in [6, 6.07) is 26.1. The molecule has 132 valence electrons. The average molecular weight is 487 g/mol. The highest BCUT2D eigenvalue weighted by Crippen LogP contribution is 2.54. The maximum Gasteiger partial charge on any atom is 0.0787 e. The Kier molecular flexibility index (Phi) is 3.53. The zero-order valence-electron chi connectivity index (χ0n) is 14.7. The van der Waals surface area contributed by atoms with Gasteiger partial charge in [0, 0.05) is 31.8 Å². The molecule has 0 N–H and O–H groups in total. The maximum absolute atomic E-state index is 4.77. The SMILES string of the molecule is Brc1ccc2c(c1)C(=C1c3ccccc3-c3ccccc31)c1cc(Br)cnc1-2. The fourth-order valence-corrected chi connectivity index (χ4v) is 5.17. The van der Waals surface area contributed by atoms with Crippen LogP contribution in [0.5, 0.6) is 0 Å². The zero-order chi connectivity index (χ0) is 18.8. The predicted molar refractivity (Wildman–Crippen MR) is 122 cm³/mol. The van der Waals surface area contributed by atoms with Crippen LogP contribution in [0.4, 0.5) is 0 Å². The Bertz CT molecular complexity index is 1230. The molecule has 3 heteroatoms. The minimum atomic E-state index is 0.996. The summed E-state index contributed by atoms with van der Waals surface area (Å²) in [4.78, 5) is 4.77. The summed E-state index contributed by atoms with van der Waals surface area (Å²) in [5, 5.41) is 0. The number of fused-ring (bicyclic) bond motifs is 6. The average Bonchev–Trinajstić information content (AvgIpc) is 3.19. The zero-order valence-corrected chi connectivity index (χ0v) is 17.9. The van der Waals surface area contributed by atoms with Crippen molar-refractivity contribution in [3.05, 3.63) is 110 Å². The summed E-state index contributed by atoms with van der Waals surface area (Å²) in [5.41, 5.74) is 12.4. The molecule has 2 aliphatic carbocycles. The topological polar surface area (TPSA) is 12.9 Å². The van der Waals surface area contributed by atoms with E-state index in [9.17, 15) is 0 Å². The third-order valence-corrected chi connectivity index (χ3v) is 6.49. The van der Waals surface area contributed by atoms with E-state index >= 15 is 0 Å². The van der Waals surface area contributed by atoms with E-state index in [1.54, 1.807) is 0 Å². The van der Waals surface area contributed by atoms with Crippen LogP contribution >= 0.6 is 31.9 Å². The fraction of sp³-hybridized carbons (Fsp3) is 0. The van der Waals surface area contributed by atoms with Crippen LogP contribution in [0.1, 0.15) is 22.3 Å². The van der Waals surface area contributed by atoms with Crippen LogP contribution in [0.3, 0.4) is 0 Å². The van der Waals surface area contributed by atoms with Gasteiger partial charge in [0.05, 0.1) is 5.69 Å². The van der Waals surface area contributed by atoms with Crippen LogP contribution in [-0.2, 0) is 0 Å². The monoisotopic (exact) mass is 485 g/mol. The third kappa shape index (κ3) is 2.20. The Hall–Kier alpha value is -2.49. The second-order valence-corrected chi connectivity index (χ2v) is 8.91. The van der Waals surface area contributed by atoms with Gasteiger partial charge in [-0.1, -0.05) is 70.5 Å². The largest absolute Gasteiger partial charge is 0.254 e. The first-order valence-corrected chi connectivity index (χ1v) is 10.7. The van der Waals surface area contributed by atoms with Crippen molar-refractivity contribution in [1.82, 2.24) is 4.98 Å². The van der Waals surface area contributed by atoms with Gasteiger partial charge >= 0.3 is 0 Å². The molecule has 1 aromatic heterocycles. The summed E-state index contributed by atoms with van der Waals surface area (Å²) in [6.07, 6.45) is 1.88. The van der Waals surface area contributed by atoms with Crippen LogP contribution in [0.2, 0.25) is 0 Å². The van der Waals surface area contributed by atoms with Crippen LogP contribution in [0, 0.1) is 0 Å². The lowest BCUT2D eigenvalue weighted by atomic mass is 9.92. The molecule has 28 heavy (non-hydrogen) atoms. The van der Waals surface area contributed by atoms with E-state index in [1.165, 1.54) is 50.1 Å². The summed E-state index contributed by atoms with van der Waals surface area (Å²) < 4.78 is 2.08. The van der Waals surface area contributed by atoms with Crippen molar-refractivity contribution in [2.45, 2.75) is 0 Å². The van der Waals surface area contributed by atoms with Gasteiger partial charge in [0.25, 0.3) is 0 Å². The number of nitrogens with zero attached hydrogens (tertiary/aromatic N) is 1. The highest BCUT2D eigenvalue weighted by Gasteiger charge is 2.33. The summed E-state index contributed by atoms with van der Waals surface area (Å²) >= 11 is 7.30. The van der Waals surface area contributed by atoms with Gasteiger partial charge in [0.15, 0.2) is 0 Å². The minimum Gasteiger partial charge on any atom is -0.254 e. The maximum atomic E-state index is 4.77. The van der Waals surface area contributed by atoms with E-state index in [-0.39, 0.29) is 0 Å². The van der Waals surface area contributed by atoms with Gasteiger partial charge in [0.1, 0.15) is 0 Å². The molecular formula is C25H13Br2N. The van der Waals surface area contributed by atoms with E-state index in [0.29, 0.717) is 0 Å². The lowest BCUT2D eigenvalue weighted by Gasteiger charge is -2.11. The molecule has 0 saturated carbocycles. The van der Waals surface area contributed by atoms with Crippen molar-refractivity contribution in [3.8, 4) is 22.4 Å². The van der Waals surface area contributed by atoms with Crippen LogP contribution in [0.25, 0.3) is 33.5 Å². The first-order valence-electron chi connectivity index (χ1n) is 9.12. The van der Waals surface area contributed by atoms with Crippen molar-refractivity contribution in [3.63, 3.8) is 0 Å². The first kappa shape index (κ1) is 16.5. The predicted octanol–water partition coefficient (Wildman–Crippen LogP) is 7.57. The lowest BCUT2D eigenvalue weighted by Crippen LogP contribution is -1.91. The Morgan fingerprint density at radius 1 is 0.500 bits per heavy atom. The molecule has 1 heterocycles. The van der Waals surface area contributed by atoms with Crippen LogP contribution < -0.4 is 0 Å². The second kappa shape index (κ2) is 6.00. The Labute approximate surface area is 180 Å². The molecule has 4 aromatic rings. The first-order chi connectivity index (χ1) is 13.7. The fourth-order valence-electron chi connectivity index (χ4n) is 4.48. The number of pyridine rings is 1. The van der Waals surface area contributed by atoms with Crippen LogP contribution in [-0.4, -0.2) is 4.98 Å². The number of rotatable bonds is 0. The molecular weight excluding hydrogens is 474 g/mol. The molecule has 0 saturated heterocycles. The molecule has 0 radical (unpaired) electrons. The van der Waals surface area contributed by atoms with Gasteiger partial charge in [-0.15, -0.1) is 0 Å².